The summed E-state index contributed by atoms with van der Waals surface area (Å²) in [6.07, 6.45) is 6.37. The van der Waals surface area contributed by atoms with Gasteiger partial charge in [-0.1, -0.05) is 11.2 Å². The molecule has 1 aliphatic rings. The Balaban J connectivity index is 1.49. The molecule has 124 valence electrons. The lowest BCUT2D eigenvalue weighted by Gasteiger charge is -2.20. The Morgan fingerprint density at radius 3 is 3.00 bits per heavy atom. The third-order valence-corrected chi connectivity index (χ3v) is 5.11. The Morgan fingerprint density at radius 1 is 1.38 bits per heavy atom. The number of carbonyl (C=O) groups excluding carboxylic acids is 1. The highest BCUT2D eigenvalue weighted by Crippen LogP contribution is 2.40. The summed E-state index contributed by atoms with van der Waals surface area (Å²) in [6, 6.07) is 7.80. The minimum absolute atomic E-state index is 0.0941. The number of hydrogen-bond donors (Lipinski definition) is 0. The van der Waals surface area contributed by atoms with Gasteiger partial charge in [-0.2, -0.15) is 0 Å². The highest BCUT2D eigenvalue weighted by Gasteiger charge is 2.30. The maximum atomic E-state index is 12.9. The minimum atomic E-state index is -0.0941. The van der Waals surface area contributed by atoms with Gasteiger partial charge in [0.15, 0.2) is 5.69 Å². The smallest absolute Gasteiger partial charge is 0.276 e. The van der Waals surface area contributed by atoms with Crippen molar-refractivity contribution in [3.63, 3.8) is 0 Å². The molecule has 5 nitrogen and oxygen atoms in total. The molecule has 0 spiro atoms. The van der Waals surface area contributed by atoms with Crippen molar-refractivity contribution in [2.75, 3.05) is 6.54 Å². The van der Waals surface area contributed by atoms with Crippen molar-refractivity contribution >= 4 is 17.2 Å². The summed E-state index contributed by atoms with van der Waals surface area (Å²) in [6.45, 7) is 1.14. The third kappa shape index (κ3) is 3.43. The molecule has 1 aliphatic carbocycles. The molecule has 0 unspecified atom stereocenters. The van der Waals surface area contributed by atoms with Gasteiger partial charge in [-0.15, -0.1) is 11.3 Å². The van der Waals surface area contributed by atoms with E-state index < -0.39 is 0 Å². The number of rotatable bonds is 7. The van der Waals surface area contributed by atoms with Gasteiger partial charge >= 0.3 is 0 Å². The molecule has 0 aliphatic heterocycles. The minimum Gasteiger partial charge on any atom is -0.472 e. The number of nitrogens with zero attached hydrogens (tertiary/aromatic N) is 2. The summed E-state index contributed by atoms with van der Waals surface area (Å²) >= 11 is 1.71. The number of hydrogen-bond acceptors (Lipinski definition) is 5. The Bertz CT molecular complexity index is 788. The zero-order valence-electron chi connectivity index (χ0n) is 13.2. The Labute approximate surface area is 143 Å². The number of carbonyl (C=O) groups is 1. The fourth-order valence-corrected chi connectivity index (χ4v) is 3.37. The summed E-state index contributed by atoms with van der Waals surface area (Å²) in [7, 11) is 0. The van der Waals surface area contributed by atoms with E-state index in [0.717, 1.165) is 30.6 Å². The van der Waals surface area contributed by atoms with Crippen LogP contribution >= 0.6 is 11.3 Å². The Kier molecular flexibility index (Phi) is 4.21. The highest BCUT2D eigenvalue weighted by atomic mass is 32.1. The van der Waals surface area contributed by atoms with Gasteiger partial charge in [0.1, 0.15) is 5.76 Å². The number of furan rings is 1. The molecule has 3 heterocycles. The molecular formula is C18H18N2O3S. The van der Waals surface area contributed by atoms with Crippen molar-refractivity contribution in [2.45, 2.75) is 31.7 Å². The fourth-order valence-electron chi connectivity index (χ4n) is 2.67. The van der Waals surface area contributed by atoms with Crippen LogP contribution in [0.1, 0.15) is 45.4 Å². The van der Waals surface area contributed by atoms with Crippen LogP contribution in [-0.4, -0.2) is 22.5 Å². The lowest BCUT2D eigenvalue weighted by atomic mass is 10.2. The molecule has 6 heteroatoms. The Hall–Kier alpha value is -2.34. The van der Waals surface area contributed by atoms with Gasteiger partial charge in [0.05, 0.1) is 12.5 Å². The predicted molar refractivity (Wildman–Crippen MR) is 89.9 cm³/mol. The Morgan fingerprint density at radius 2 is 2.29 bits per heavy atom. The van der Waals surface area contributed by atoms with E-state index in [9.17, 15) is 4.79 Å². The van der Waals surface area contributed by atoms with Gasteiger partial charge in [0.2, 0.25) is 0 Å². The fraction of sp³-hybridized carbons (Fsp3) is 0.333. The van der Waals surface area contributed by atoms with Crippen molar-refractivity contribution in [2.24, 2.45) is 0 Å². The molecule has 4 rings (SSSR count). The molecule has 1 amide bonds. The zero-order valence-corrected chi connectivity index (χ0v) is 14.0. The second-order valence-electron chi connectivity index (χ2n) is 6.08. The molecule has 0 bridgehead atoms. The molecule has 0 N–H and O–H groups in total. The van der Waals surface area contributed by atoms with E-state index in [1.165, 1.54) is 4.88 Å². The molecule has 3 aromatic rings. The first-order valence-corrected chi connectivity index (χ1v) is 8.97. The molecule has 1 fully saturated rings. The first-order chi connectivity index (χ1) is 11.8. The van der Waals surface area contributed by atoms with E-state index in [2.05, 4.69) is 16.6 Å². The van der Waals surface area contributed by atoms with Crippen molar-refractivity contribution in [3.8, 4) is 0 Å². The average Bonchev–Trinajstić information content (AvgIpc) is 3.06. The summed E-state index contributed by atoms with van der Waals surface area (Å²) in [5.74, 6) is 1.19. The summed E-state index contributed by atoms with van der Waals surface area (Å²) in [4.78, 5) is 15.9. The highest BCUT2D eigenvalue weighted by molar-refractivity contribution is 7.09. The van der Waals surface area contributed by atoms with Crippen LogP contribution < -0.4 is 0 Å². The van der Waals surface area contributed by atoms with E-state index >= 15 is 0 Å². The van der Waals surface area contributed by atoms with Crippen molar-refractivity contribution in [3.05, 3.63) is 64.1 Å². The topological polar surface area (TPSA) is 59.5 Å². The van der Waals surface area contributed by atoms with E-state index in [-0.39, 0.29) is 5.91 Å². The van der Waals surface area contributed by atoms with Crippen LogP contribution in [0.3, 0.4) is 0 Å². The first-order valence-electron chi connectivity index (χ1n) is 8.09. The van der Waals surface area contributed by atoms with Gasteiger partial charge < -0.3 is 13.8 Å². The second-order valence-corrected chi connectivity index (χ2v) is 7.11. The van der Waals surface area contributed by atoms with Crippen LogP contribution in [0.4, 0.5) is 0 Å². The monoisotopic (exact) mass is 342 g/mol. The largest absolute Gasteiger partial charge is 0.472 e. The van der Waals surface area contributed by atoms with Gasteiger partial charge in [0, 0.05) is 35.5 Å². The van der Waals surface area contributed by atoms with Crippen LogP contribution in [-0.2, 0) is 13.0 Å². The van der Waals surface area contributed by atoms with Crippen LogP contribution in [0.5, 0.6) is 0 Å². The number of amides is 1. The molecular weight excluding hydrogens is 324 g/mol. The van der Waals surface area contributed by atoms with Crippen molar-refractivity contribution in [1.82, 2.24) is 10.1 Å². The maximum absolute atomic E-state index is 12.9. The van der Waals surface area contributed by atoms with Crippen LogP contribution in [0.25, 0.3) is 0 Å². The van der Waals surface area contributed by atoms with Crippen LogP contribution in [0.2, 0.25) is 0 Å². The van der Waals surface area contributed by atoms with Gasteiger partial charge in [-0.25, -0.2) is 0 Å². The summed E-state index contributed by atoms with van der Waals surface area (Å²) in [5, 5.41) is 6.04. The van der Waals surface area contributed by atoms with Gasteiger partial charge in [-0.3, -0.25) is 4.79 Å². The van der Waals surface area contributed by atoms with Crippen molar-refractivity contribution in [1.29, 1.82) is 0 Å². The number of thiophene rings is 1. The molecule has 0 atom stereocenters. The maximum Gasteiger partial charge on any atom is 0.276 e. The molecule has 0 radical (unpaired) electrons. The lowest BCUT2D eigenvalue weighted by molar-refractivity contribution is 0.0734. The zero-order chi connectivity index (χ0) is 16.4. The summed E-state index contributed by atoms with van der Waals surface area (Å²) in [5.41, 5.74) is 1.37. The number of aromatic nitrogens is 1. The van der Waals surface area contributed by atoms with Gasteiger partial charge in [0.25, 0.3) is 5.91 Å². The molecule has 0 aromatic carbocycles. The van der Waals surface area contributed by atoms with Crippen LogP contribution in [0.15, 0.2) is 51.1 Å². The molecule has 24 heavy (non-hydrogen) atoms. The van der Waals surface area contributed by atoms with E-state index in [4.69, 9.17) is 8.94 Å². The first kappa shape index (κ1) is 15.2. The second kappa shape index (κ2) is 6.65. The predicted octanol–water partition coefficient (Wildman–Crippen LogP) is 4.09. The van der Waals surface area contributed by atoms with E-state index in [0.29, 0.717) is 24.7 Å². The van der Waals surface area contributed by atoms with Crippen LogP contribution in [0, 0.1) is 0 Å². The molecule has 1 saturated carbocycles. The van der Waals surface area contributed by atoms with Crippen molar-refractivity contribution < 1.29 is 13.7 Å². The normalized spacial score (nSPS) is 14.0. The average molecular weight is 342 g/mol. The van der Waals surface area contributed by atoms with E-state index in [1.807, 2.05) is 12.1 Å². The standard InChI is InChI=1S/C18H18N2O3S/c21-18(16-10-17(23-19-16)14-3-4-14)20(11-13-6-8-22-12-13)7-5-15-2-1-9-24-15/h1-2,6,8-10,12,14H,3-5,7,11H2. The molecule has 3 aromatic heterocycles. The lowest BCUT2D eigenvalue weighted by Crippen LogP contribution is -2.32. The quantitative estimate of drug-likeness (QED) is 0.649. The van der Waals surface area contributed by atoms with E-state index in [1.54, 1.807) is 34.8 Å². The molecule has 0 saturated heterocycles. The SMILES string of the molecule is O=C(c1cc(C2CC2)on1)N(CCc1cccs1)Cc1ccoc1. The third-order valence-electron chi connectivity index (χ3n) is 4.18. The summed E-state index contributed by atoms with van der Waals surface area (Å²) < 4.78 is 10.5. The van der Waals surface area contributed by atoms with Gasteiger partial charge in [-0.05, 0) is 36.8 Å².